The number of ether oxygens (including phenoxy) is 1. The Kier molecular flexibility index (Phi) is 5.60. The maximum atomic E-state index is 15.1. The zero-order valence-electron chi connectivity index (χ0n) is 16.2. The van der Waals surface area contributed by atoms with Gasteiger partial charge in [0.1, 0.15) is 0 Å². The summed E-state index contributed by atoms with van der Waals surface area (Å²) in [6.45, 7) is 0. The molecule has 0 aliphatic rings. The molecular weight excluding hydrogens is 421 g/mol. The van der Waals surface area contributed by atoms with Crippen molar-refractivity contribution in [2.45, 2.75) is 0 Å². The summed E-state index contributed by atoms with van der Waals surface area (Å²) >= 11 is 5.90. The van der Waals surface area contributed by atoms with Gasteiger partial charge in [-0.1, -0.05) is 23.7 Å². The molecule has 0 unspecified atom stereocenters. The Morgan fingerprint density at radius 1 is 1.00 bits per heavy atom. The van der Waals surface area contributed by atoms with Gasteiger partial charge >= 0.3 is 0 Å². The molecule has 4 aromatic rings. The summed E-state index contributed by atoms with van der Waals surface area (Å²) in [6.07, 6.45) is 1.47. The SMILES string of the molecule is COc1cnc2ccc(C(=O)c3cccc(NC(=O)c4cccc(Cl)c4)c3F)cc2n1. The average Bonchev–Trinajstić information content (AvgIpc) is 2.79. The molecule has 1 aromatic heterocycles. The Hall–Kier alpha value is -3.84. The average molecular weight is 436 g/mol. The molecule has 0 fully saturated rings. The summed E-state index contributed by atoms with van der Waals surface area (Å²) in [7, 11) is 1.46. The molecule has 1 N–H and O–H groups in total. The molecule has 1 heterocycles. The second-order valence-electron chi connectivity index (χ2n) is 6.58. The summed E-state index contributed by atoms with van der Waals surface area (Å²) in [5.74, 6) is -1.63. The van der Waals surface area contributed by atoms with Gasteiger partial charge in [-0.25, -0.2) is 14.4 Å². The first kappa shape index (κ1) is 20.4. The monoisotopic (exact) mass is 435 g/mol. The van der Waals surface area contributed by atoms with Crippen LogP contribution in [-0.4, -0.2) is 28.8 Å². The lowest BCUT2D eigenvalue weighted by Crippen LogP contribution is -2.14. The predicted molar refractivity (Wildman–Crippen MR) is 115 cm³/mol. The molecule has 154 valence electrons. The van der Waals surface area contributed by atoms with E-state index in [0.717, 1.165) is 0 Å². The lowest BCUT2D eigenvalue weighted by atomic mass is 10.0. The highest BCUT2D eigenvalue weighted by atomic mass is 35.5. The van der Waals surface area contributed by atoms with E-state index < -0.39 is 17.5 Å². The number of nitrogens with zero attached hydrogens (tertiary/aromatic N) is 2. The highest BCUT2D eigenvalue weighted by molar-refractivity contribution is 6.31. The van der Waals surface area contributed by atoms with Crippen molar-refractivity contribution in [1.82, 2.24) is 9.97 Å². The lowest BCUT2D eigenvalue weighted by Gasteiger charge is -2.10. The first-order valence-corrected chi connectivity index (χ1v) is 9.55. The van der Waals surface area contributed by atoms with E-state index in [1.807, 2.05) is 0 Å². The number of halogens is 2. The van der Waals surface area contributed by atoms with Crippen molar-refractivity contribution in [3.8, 4) is 5.88 Å². The lowest BCUT2D eigenvalue weighted by molar-refractivity contribution is 0.101. The van der Waals surface area contributed by atoms with Crippen LogP contribution in [0.2, 0.25) is 5.02 Å². The van der Waals surface area contributed by atoms with E-state index >= 15 is 4.39 Å². The fourth-order valence-electron chi connectivity index (χ4n) is 3.02. The number of amides is 1. The van der Waals surface area contributed by atoms with Gasteiger partial charge in [0.05, 0.1) is 35.6 Å². The van der Waals surface area contributed by atoms with Gasteiger partial charge in [0, 0.05) is 16.1 Å². The molecule has 0 aliphatic carbocycles. The van der Waals surface area contributed by atoms with Crippen molar-refractivity contribution in [2.24, 2.45) is 0 Å². The van der Waals surface area contributed by atoms with Crippen LogP contribution >= 0.6 is 11.6 Å². The summed E-state index contributed by atoms with van der Waals surface area (Å²) in [5.41, 5.74) is 1.21. The molecule has 6 nitrogen and oxygen atoms in total. The van der Waals surface area contributed by atoms with Crippen molar-refractivity contribution in [3.63, 3.8) is 0 Å². The summed E-state index contributed by atoms with van der Waals surface area (Å²) < 4.78 is 20.1. The van der Waals surface area contributed by atoms with E-state index in [9.17, 15) is 9.59 Å². The highest BCUT2D eigenvalue weighted by Crippen LogP contribution is 2.24. The molecule has 1 amide bonds. The Bertz CT molecular complexity index is 1330. The Morgan fingerprint density at radius 2 is 1.81 bits per heavy atom. The number of rotatable bonds is 5. The third-order valence-corrected chi connectivity index (χ3v) is 4.80. The number of hydrogen-bond donors (Lipinski definition) is 1. The van der Waals surface area contributed by atoms with Gasteiger partial charge in [0.25, 0.3) is 5.91 Å². The Morgan fingerprint density at radius 3 is 2.58 bits per heavy atom. The Balaban J connectivity index is 1.65. The minimum absolute atomic E-state index is 0.113. The van der Waals surface area contributed by atoms with Gasteiger partial charge < -0.3 is 10.1 Å². The largest absolute Gasteiger partial charge is 0.480 e. The number of nitrogens with one attached hydrogen (secondary N) is 1. The van der Waals surface area contributed by atoms with Crippen LogP contribution in [0, 0.1) is 5.82 Å². The normalized spacial score (nSPS) is 10.7. The van der Waals surface area contributed by atoms with Crippen molar-refractivity contribution in [1.29, 1.82) is 0 Å². The van der Waals surface area contributed by atoms with Gasteiger partial charge in [-0.05, 0) is 48.5 Å². The van der Waals surface area contributed by atoms with Crippen molar-refractivity contribution < 1.29 is 18.7 Å². The first-order valence-electron chi connectivity index (χ1n) is 9.17. The van der Waals surface area contributed by atoms with E-state index in [1.54, 1.807) is 30.3 Å². The second kappa shape index (κ2) is 8.49. The molecule has 0 bridgehead atoms. The highest BCUT2D eigenvalue weighted by Gasteiger charge is 2.19. The number of carbonyl (C=O) groups is 2. The number of benzene rings is 3. The van der Waals surface area contributed by atoms with Crippen LogP contribution in [0.25, 0.3) is 11.0 Å². The molecule has 0 saturated heterocycles. The zero-order valence-corrected chi connectivity index (χ0v) is 17.0. The molecule has 3 aromatic carbocycles. The van der Waals surface area contributed by atoms with Gasteiger partial charge in [-0.3, -0.25) is 9.59 Å². The molecule has 0 saturated carbocycles. The molecule has 31 heavy (non-hydrogen) atoms. The molecule has 0 aliphatic heterocycles. The van der Waals surface area contributed by atoms with Crippen LogP contribution in [0.5, 0.6) is 5.88 Å². The first-order chi connectivity index (χ1) is 15.0. The minimum atomic E-state index is -0.834. The maximum absolute atomic E-state index is 15.1. The van der Waals surface area contributed by atoms with Crippen LogP contribution in [-0.2, 0) is 0 Å². The molecule has 0 atom stereocenters. The number of hydrogen-bond acceptors (Lipinski definition) is 5. The van der Waals surface area contributed by atoms with E-state index in [4.69, 9.17) is 16.3 Å². The summed E-state index contributed by atoms with van der Waals surface area (Å²) in [6, 6.07) is 15.2. The predicted octanol–water partition coefficient (Wildman–Crippen LogP) is 4.91. The number of fused-ring (bicyclic) bond motifs is 1. The molecule has 8 heteroatoms. The fraction of sp³-hybridized carbons (Fsp3) is 0.0435. The van der Waals surface area contributed by atoms with Gasteiger partial charge in [0.2, 0.25) is 5.88 Å². The van der Waals surface area contributed by atoms with E-state index in [2.05, 4.69) is 15.3 Å². The van der Waals surface area contributed by atoms with Crippen LogP contribution in [0.4, 0.5) is 10.1 Å². The zero-order chi connectivity index (χ0) is 22.0. The van der Waals surface area contributed by atoms with Crippen LogP contribution in [0.15, 0.2) is 66.9 Å². The number of ketones is 1. The number of carbonyl (C=O) groups excluding carboxylic acids is 2. The quantitative estimate of drug-likeness (QED) is 0.450. The minimum Gasteiger partial charge on any atom is -0.480 e. The molecule has 0 radical (unpaired) electrons. The third-order valence-electron chi connectivity index (χ3n) is 4.57. The molecule has 0 spiro atoms. The van der Waals surface area contributed by atoms with Crippen LogP contribution in [0.3, 0.4) is 0 Å². The van der Waals surface area contributed by atoms with Crippen molar-refractivity contribution in [2.75, 3.05) is 12.4 Å². The van der Waals surface area contributed by atoms with Crippen LogP contribution in [0.1, 0.15) is 26.3 Å². The van der Waals surface area contributed by atoms with Crippen molar-refractivity contribution in [3.05, 3.63) is 94.4 Å². The summed E-state index contributed by atoms with van der Waals surface area (Å²) in [5, 5.41) is 2.86. The van der Waals surface area contributed by atoms with Gasteiger partial charge in [-0.15, -0.1) is 0 Å². The standard InChI is InChI=1S/C23H15ClFN3O3/c1-31-20-12-26-17-9-8-13(11-19(17)27-20)22(29)16-6-3-7-18(21(16)25)28-23(30)14-4-2-5-15(24)10-14/h2-12H,1H3,(H,28,30). The topological polar surface area (TPSA) is 81.2 Å². The number of anilines is 1. The van der Waals surface area contributed by atoms with Crippen molar-refractivity contribution >= 4 is 40.0 Å². The molecule has 4 rings (SSSR count). The second-order valence-corrected chi connectivity index (χ2v) is 7.01. The van der Waals surface area contributed by atoms with E-state index in [-0.39, 0.29) is 22.4 Å². The Labute approximate surface area is 181 Å². The smallest absolute Gasteiger partial charge is 0.255 e. The maximum Gasteiger partial charge on any atom is 0.255 e. The summed E-state index contributed by atoms with van der Waals surface area (Å²) in [4.78, 5) is 33.8. The van der Waals surface area contributed by atoms with E-state index in [0.29, 0.717) is 21.9 Å². The third kappa shape index (κ3) is 4.22. The number of aromatic nitrogens is 2. The number of methoxy groups -OCH3 is 1. The van der Waals surface area contributed by atoms with E-state index in [1.165, 1.54) is 43.6 Å². The fourth-order valence-corrected chi connectivity index (χ4v) is 3.21. The van der Waals surface area contributed by atoms with Crippen LogP contribution < -0.4 is 10.1 Å². The van der Waals surface area contributed by atoms with Gasteiger partial charge in [0.15, 0.2) is 11.6 Å². The van der Waals surface area contributed by atoms with Gasteiger partial charge in [-0.2, -0.15) is 0 Å². The molecular formula is C23H15ClFN3O3.